The highest BCUT2D eigenvalue weighted by Gasteiger charge is 2.17. The SMILES string of the molecule is C[C@@H](CC#N)n1nc(Nc2ccc(Cl)cc2)c2c(=O)[nH]ccc21. The van der Waals surface area contributed by atoms with Crippen molar-refractivity contribution >= 4 is 34.0 Å². The standard InChI is InChI=1S/C16H14ClN5O/c1-10(6-8-18)22-13-7-9-19-16(23)14(13)15(21-22)20-12-4-2-11(17)3-5-12/h2-5,7,9-10H,6H2,1H3,(H,19,23)(H,20,21)/t10-/m0/s1. The molecule has 23 heavy (non-hydrogen) atoms. The van der Waals surface area contributed by atoms with Gasteiger partial charge in [-0.25, -0.2) is 0 Å². The number of anilines is 2. The van der Waals surface area contributed by atoms with Crippen LogP contribution in [0.4, 0.5) is 11.5 Å². The van der Waals surface area contributed by atoms with Crippen LogP contribution in [0.15, 0.2) is 41.3 Å². The lowest BCUT2D eigenvalue weighted by atomic mass is 10.2. The normalized spacial score (nSPS) is 12.0. The Labute approximate surface area is 137 Å². The smallest absolute Gasteiger partial charge is 0.261 e. The minimum absolute atomic E-state index is 0.134. The number of hydrogen-bond acceptors (Lipinski definition) is 4. The number of nitrogens with zero attached hydrogens (tertiary/aromatic N) is 3. The van der Waals surface area contributed by atoms with Crippen LogP contribution in [0.1, 0.15) is 19.4 Å². The van der Waals surface area contributed by atoms with E-state index in [2.05, 4.69) is 21.5 Å². The molecule has 6 nitrogen and oxygen atoms in total. The fraction of sp³-hybridized carbons (Fsp3) is 0.188. The topological polar surface area (TPSA) is 86.5 Å². The molecule has 0 spiro atoms. The Hall–Kier alpha value is -2.78. The van der Waals surface area contributed by atoms with Crippen LogP contribution in [0.2, 0.25) is 5.02 Å². The van der Waals surface area contributed by atoms with Crippen molar-refractivity contribution in [1.82, 2.24) is 14.8 Å². The van der Waals surface area contributed by atoms with E-state index in [1.807, 2.05) is 19.1 Å². The highest BCUT2D eigenvalue weighted by molar-refractivity contribution is 6.30. The summed E-state index contributed by atoms with van der Waals surface area (Å²) >= 11 is 5.88. The molecule has 7 heteroatoms. The molecule has 3 aromatic rings. The van der Waals surface area contributed by atoms with Crippen molar-refractivity contribution in [2.45, 2.75) is 19.4 Å². The number of halogens is 1. The van der Waals surface area contributed by atoms with Crippen LogP contribution in [0.3, 0.4) is 0 Å². The van der Waals surface area contributed by atoms with Gasteiger partial charge in [0, 0.05) is 16.9 Å². The van der Waals surface area contributed by atoms with Crippen molar-refractivity contribution in [2.75, 3.05) is 5.32 Å². The van der Waals surface area contributed by atoms with Crippen molar-refractivity contribution < 1.29 is 0 Å². The Bertz CT molecular complexity index is 936. The first-order chi connectivity index (χ1) is 11.1. The van der Waals surface area contributed by atoms with Gasteiger partial charge in [-0.15, -0.1) is 0 Å². The van der Waals surface area contributed by atoms with Gasteiger partial charge in [-0.05, 0) is 37.3 Å². The molecule has 2 N–H and O–H groups in total. The number of nitriles is 1. The van der Waals surface area contributed by atoms with Gasteiger partial charge in [-0.2, -0.15) is 10.4 Å². The zero-order chi connectivity index (χ0) is 16.4. The fourth-order valence-electron chi connectivity index (χ4n) is 2.41. The maximum atomic E-state index is 12.2. The monoisotopic (exact) mass is 327 g/mol. The number of fused-ring (bicyclic) bond motifs is 1. The Balaban J connectivity index is 2.11. The van der Waals surface area contributed by atoms with Crippen molar-refractivity contribution in [3.8, 4) is 6.07 Å². The first kappa shape index (κ1) is 15.1. The maximum Gasteiger partial charge on any atom is 0.261 e. The van der Waals surface area contributed by atoms with Gasteiger partial charge in [0.1, 0.15) is 5.39 Å². The molecule has 0 radical (unpaired) electrons. The zero-order valence-corrected chi connectivity index (χ0v) is 13.1. The molecule has 0 amide bonds. The lowest BCUT2D eigenvalue weighted by Crippen LogP contribution is -2.08. The van der Waals surface area contributed by atoms with E-state index in [1.165, 1.54) is 0 Å². The van der Waals surface area contributed by atoms with Crippen LogP contribution in [-0.4, -0.2) is 14.8 Å². The van der Waals surface area contributed by atoms with E-state index >= 15 is 0 Å². The molecule has 1 aromatic carbocycles. The highest BCUT2D eigenvalue weighted by atomic mass is 35.5. The van der Waals surface area contributed by atoms with Crippen LogP contribution in [0.5, 0.6) is 0 Å². The number of rotatable bonds is 4. The molecule has 2 aromatic heterocycles. The second kappa shape index (κ2) is 6.15. The Morgan fingerprint density at radius 3 is 2.83 bits per heavy atom. The van der Waals surface area contributed by atoms with Crippen LogP contribution < -0.4 is 10.9 Å². The Morgan fingerprint density at radius 2 is 2.13 bits per heavy atom. The first-order valence-electron chi connectivity index (χ1n) is 7.09. The van der Waals surface area contributed by atoms with Crippen molar-refractivity contribution in [3.63, 3.8) is 0 Å². The third kappa shape index (κ3) is 2.91. The molecule has 0 unspecified atom stereocenters. The second-order valence-electron chi connectivity index (χ2n) is 5.20. The lowest BCUT2D eigenvalue weighted by molar-refractivity contribution is 0.518. The molecule has 0 bridgehead atoms. The van der Waals surface area contributed by atoms with E-state index in [4.69, 9.17) is 16.9 Å². The summed E-state index contributed by atoms with van der Waals surface area (Å²) in [4.78, 5) is 14.9. The summed E-state index contributed by atoms with van der Waals surface area (Å²) in [6, 6.07) is 10.9. The predicted molar refractivity (Wildman–Crippen MR) is 90.0 cm³/mol. The molecular weight excluding hydrogens is 314 g/mol. The zero-order valence-electron chi connectivity index (χ0n) is 12.4. The summed E-state index contributed by atoms with van der Waals surface area (Å²) in [7, 11) is 0. The van der Waals surface area contributed by atoms with Crippen LogP contribution in [0.25, 0.3) is 10.9 Å². The van der Waals surface area contributed by atoms with Gasteiger partial charge in [0.15, 0.2) is 5.82 Å². The summed E-state index contributed by atoms with van der Waals surface area (Å²) in [6.45, 7) is 1.89. The first-order valence-corrected chi connectivity index (χ1v) is 7.47. The third-order valence-corrected chi connectivity index (χ3v) is 3.79. The average molecular weight is 328 g/mol. The highest BCUT2D eigenvalue weighted by Crippen LogP contribution is 2.26. The maximum absolute atomic E-state index is 12.2. The number of aromatic nitrogens is 3. The van der Waals surface area contributed by atoms with Gasteiger partial charge in [0.05, 0.1) is 24.0 Å². The second-order valence-corrected chi connectivity index (χ2v) is 5.64. The molecule has 2 heterocycles. The molecule has 0 aliphatic heterocycles. The van der Waals surface area contributed by atoms with Gasteiger partial charge in [0.25, 0.3) is 5.56 Å². The number of nitrogens with one attached hydrogen (secondary N) is 2. The summed E-state index contributed by atoms with van der Waals surface area (Å²) in [5.74, 6) is 0.453. The van der Waals surface area contributed by atoms with Crippen molar-refractivity contribution in [1.29, 1.82) is 5.26 Å². The van der Waals surface area contributed by atoms with E-state index in [1.54, 1.807) is 29.1 Å². The van der Waals surface area contributed by atoms with E-state index in [-0.39, 0.29) is 11.6 Å². The summed E-state index contributed by atoms with van der Waals surface area (Å²) in [5.41, 5.74) is 1.24. The van der Waals surface area contributed by atoms with E-state index < -0.39 is 0 Å². The fourth-order valence-corrected chi connectivity index (χ4v) is 2.54. The summed E-state index contributed by atoms with van der Waals surface area (Å²) < 4.78 is 1.70. The van der Waals surface area contributed by atoms with E-state index in [0.29, 0.717) is 28.2 Å². The number of aromatic amines is 1. The number of pyridine rings is 1. The quantitative estimate of drug-likeness (QED) is 0.766. The molecule has 0 aliphatic carbocycles. The van der Waals surface area contributed by atoms with Gasteiger partial charge >= 0.3 is 0 Å². The molecule has 1 atom stereocenters. The largest absolute Gasteiger partial charge is 0.338 e. The van der Waals surface area contributed by atoms with Crippen LogP contribution in [-0.2, 0) is 0 Å². The van der Waals surface area contributed by atoms with Gasteiger partial charge in [-0.3, -0.25) is 9.48 Å². The number of H-pyrrole nitrogens is 1. The summed E-state index contributed by atoms with van der Waals surface area (Å²) in [6.07, 6.45) is 1.89. The van der Waals surface area contributed by atoms with Crippen LogP contribution in [0, 0.1) is 11.3 Å². The summed E-state index contributed by atoms with van der Waals surface area (Å²) in [5, 5.41) is 17.6. The molecule has 0 fully saturated rings. The minimum Gasteiger partial charge on any atom is -0.338 e. The minimum atomic E-state index is -0.227. The number of benzene rings is 1. The molecular formula is C16H14ClN5O. The Kier molecular flexibility index (Phi) is 4.04. The molecule has 0 saturated heterocycles. The molecule has 0 saturated carbocycles. The molecule has 0 aliphatic rings. The van der Waals surface area contributed by atoms with Gasteiger partial charge in [-0.1, -0.05) is 11.6 Å². The van der Waals surface area contributed by atoms with Crippen molar-refractivity contribution in [3.05, 3.63) is 51.9 Å². The predicted octanol–water partition coefficient (Wildman–Crippen LogP) is 3.60. The van der Waals surface area contributed by atoms with Gasteiger partial charge in [0.2, 0.25) is 0 Å². The molecule has 116 valence electrons. The number of hydrogen-bond donors (Lipinski definition) is 2. The van der Waals surface area contributed by atoms with Gasteiger partial charge < -0.3 is 10.3 Å². The van der Waals surface area contributed by atoms with E-state index in [0.717, 1.165) is 5.69 Å². The Morgan fingerprint density at radius 1 is 1.39 bits per heavy atom. The lowest BCUT2D eigenvalue weighted by Gasteiger charge is -2.08. The third-order valence-electron chi connectivity index (χ3n) is 3.54. The van der Waals surface area contributed by atoms with Crippen LogP contribution >= 0.6 is 11.6 Å². The van der Waals surface area contributed by atoms with Crippen molar-refractivity contribution in [2.24, 2.45) is 0 Å². The van der Waals surface area contributed by atoms with E-state index in [9.17, 15) is 4.79 Å². The average Bonchev–Trinajstić information content (AvgIpc) is 2.90. The molecule has 3 rings (SSSR count).